The molecule has 1 aromatic carbocycles. The largest absolute Gasteiger partial charge is 0.462 e. The van der Waals surface area contributed by atoms with Crippen molar-refractivity contribution in [2.45, 2.75) is 110 Å². The molecule has 0 fully saturated rings. The molecule has 0 unspecified atom stereocenters. The van der Waals surface area contributed by atoms with Crippen LogP contribution in [-0.2, 0) is 4.74 Å². The summed E-state index contributed by atoms with van der Waals surface area (Å²) in [4.78, 5) is 21.4. The van der Waals surface area contributed by atoms with Crippen molar-refractivity contribution in [3.05, 3.63) is 23.8 Å². The van der Waals surface area contributed by atoms with Crippen molar-refractivity contribution in [1.29, 1.82) is 0 Å². The summed E-state index contributed by atoms with van der Waals surface area (Å²) in [6.45, 7) is 2.68. The minimum Gasteiger partial charge on any atom is -0.462 e. The van der Waals surface area contributed by atoms with E-state index < -0.39 is 5.97 Å². The lowest BCUT2D eigenvalue weighted by Gasteiger charge is -2.08. The number of nitrogens with two attached hydrogens (primary N) is 2. The van der Waals surface area contributed by atoms with E-state index in [1.165, 1.54) is 108 Å². The molecular formula is C25H44N2O4. The minimum absolute atomic E-state index is 0.289. The van der Waals surface area contributed by atoms with Crippen LogP contribution >= 0.6 is 0 Å². The smallest absolute Gasteiger partial charge is 0.338 e. The highest BCUT2D eigenvalue weighted by molar-refractivity contribution is 5.90. The molecule has 0 aromatic heterocycles. The zero-order chi connectivity index (χ0) is 22.6. The lowest BCUT2D eigenvalue weighted by Crippen LogP contribution is -2.10. The van der Waals surface area contributed by atoms with Gasteiger partial charge < -0.3 is 14.4 Å². The first-order valence-electron chi connectivity index (χ1n) is 12.3. The Morgan fingerprint density at radius 2 is 1.03 bits per heavy atom. The van der Waals surface area contributed by atoms with Crippen LogP contribution in [0.15, 0.2) is 18.2 Å². The summed E-state index contributed by atoms with van der Waals surface area (Å²) < 4.78 is 5.31. The number of benzene rings is 1. The van der Waals surface area contributed by atoms with Crippen LogP contribution in [0.2, 0.25) is 0 Å². The second-order valence-corrected chi connectivity index (χ2v) is 8.37. The maximum absolute atomic E-state index is 12.1. The van der Waals surface area contributed by atoms with Crippen molar-refractivity contribution in [1.82, 2.24) is 0 Å². The third-order valence-corrected chi connectivity index (χ3v) is 5.62. The van der Waals surface area contributed by atoms with Gasteiger partial charge in [-0.25, -0.2) is 4.79 Å². The summed E-state index contributed by atoms with van der Waals surface area (Å²) in [5, 5.41) is 0. The number of hydrogen-bond donors (Lipinski definition) is 2. The molecule has 0 saturated carbocycles. The van der Waals surface area contributed by atoms with Crippen LogP contribution < -0.4 is 21.5 Å². The monoisotopic (exact) mass is 436 g/mol. The molecule has 0 saturated heterocycles. The molecule has 0 aliphatic carbocycles. The minimum atomic E-state index is -0.432. The van der Waals surface area contributed by atoms with Crippen molar-refractivity contribution >= 4 is 5.97 Å². The molecule has 0 bridgehead atoms. The average molecular weight is 437 g/mol. The molecule has 178 valence electrons. The quantitative estimate of drug-likeness (QED) is 0.136. The van der Waals surface area contributed by atoms with Crippen LogP contribution in [0.4, 0.5) is 0 Å². The molecule has 0 atom stereocenters. The van der Waals surface area contributed by atoms with Gasteiger partial charge in [-0.05, 0) is 18.6 Å². The first kappa shape index (κ1) is 27.2. The van der Waals surface area contributed by atoms with Crippen molar-refractivity contribution in [2.75, 3.05) is 6.61 Å². The maximum atomic E-state index is 12.1. The summed E-state index contributed by atoms with van der Waals surface area (Å²) in [6, 6.07) is 4.49. The number of carbonyl (C=O) groups is 1. The van der Waals surface area contributed by atoms with Gasteiger partial charge in [-0.3, -0.25) is 0 Å². The first-order chi connectivity index (χ1) is 15.2. The van der Waals surface area contributed by atoms with Crippen LogP contribution in [0.3, 0.4) is 0 Å². The van der Waals surface area contributed by atoms with Gasteiger partial charge in [-0.1, -0.05) is 103 Å². The van der Waals surface area contributed by atoms with Gasteiger partial charge in [0.2, 0.25) is 0 Å². The predicted molar refractivity (Wildman–Crippen MR) is 126 cm³/mol. The summed E-state index contributed by atoms with van der Waals surface area (Å²) in [7, 11) is 0. The number of unbranched alkanes of at least 4 members (excludes halogenated alkanes) is 15. The number of ether oxygens (including phenoxy) is 1. The van der Waals surface area contributed by atoms with Crippen LogP contribution in [0.5, 0.6) is 11.5 Å². The zero-order valence-corrected chi connectivity index (χ0v) is 19.5. The second kappa shape index (κ2) is 18.9. The van der Waals surface area contributed by atoms with E-state index in [0.29, 0.717) is 12.2 Å². The molecule has 0 radical (unpaired) electrons. The van der Waals surface area contributed by atoms with E-state index in [1.807, 2.05) is 0 Å². The highest BCUT2D eigenvalue weighted by atomic mass is 16.6. The molecule has 31 heavy (non-hydrogen) atoms. The van der Waals surface area contributed by atoms with E-state index in [0.717, 1.165) is 12.8 Å². The summed E-state index contributed by atoms with van der Waals surface area (Å²) >= 11 is 0. The van der Waals surface area contributed by atoms with E-state index in [4.69, 9.17) is 16.5 Å². The highest BCUT2D eigenvalue weighted by Gasteiger charge is 2.11. The Balaban J connectivity index is 1.92. The van der Waals surface area contributed by atoms with Crippen LogP contribution in [0.25, 0.3) is 0 Å². The molecule has 0 heterocycles. The van der Waals surface area contributed by atoms with Crippen molar-refractivity contribution in [3.8, 4) is 11.5 Å². The molecule has 6 nitrogen and oxygen atoms in total. The molecule has 0 aliphatic heterocycles. The standard InChI is InChI=1S/C25H44N2O4/c1-2-3-4-5-6-7-8-9-10-11-12-13-14-15-16-17-18-29-25(28)22-19-23(30-26)21-24(20-22)31-27/h19-21H,2-18,26-27H2,1H3. The lowest BCUT2D eigenvalue weighted by molar-refractivity contribution is 0.0496. The van der Waals surface area contributed by atoms with Crippen molar-refractivity contribution in [3.63, 3.8) is 0 Å². The van der Waals surface area contributed by atoms with Crippen molar-refractivity contribution < 1.29 is 19.2 Å². The van der Waals surface area contributed by atoms with E-state index >= 15 is 0 Å². The van der Waals surface area contributed by atoms with Crippen LogP contribution in [-0.4, -0.2) is 12.6 Å². The fraction of sp³-hybridized carbons (Fsp3) is 0.720. The molecule has 0 amide bonds. The summed E-state index contributed by atoms with van der Waals surface area (Å²) in [5.41, 5.74) is 0.305. The van der Waals surface area contributed by atoms with Crippen molar-refractivity contribution in [2.24, 2.45) is 11.8 Å². The van der Waals surface area contributed by atoms with Gasteiger partial charge in [0, 0.05) is 6.07 Å². The third kappa shape index (κ3) is 14.0. The van der Waals surface area contributed by atoms with E-state index in [-0.39, 0.29) is 11.5 Å². The van der Waals surface area contributed by atoms with Gasteiger partial charge in [0.25, 0.3) is 0 Å². The number of carbonyl (C=O) groups excluding carboxylic acids is 1. The molecule has 1 rings (SSSR count). The van der Waals surface area contributed by atoms with Gasteiger partial charge >= 0.3 is 5.97 Å². The van der Waals surface area contributed by atoms with E-state index in [1.54, 1.807) is 0 Å². The van der Waals surface area contributed by atoms with Crippen LogP contribution in [0, 0.1) is 0 Å². The Bertz CT molecular complexity index is 558. The number of rotatable bonds is 20. The SMILES string of the molecule is CCCCCCCCCCCCCCCCCCOC(=O)c1cc(ON)cc(ON)c1. The van der Waals surface area contributed by atoms with Crippen LogP contribution in [0.1, 0.15) is 120 Å². The normalized spacial score (nSPS) is 10.8. The predicted octanol–water partition coefficient (Wildman–Crippen LogP) is 6.61. The Labute approximate surface area is 188 Å². The van der Waals surface area contributed by atoms with Gasteiger partial charge in [-0.2, -0.15) is 11.8 Å². The van der Waals surface area contributed by atoms with E-state index in [2.05, 4.69) is 16.6 Å². The van der Waals surface area contributed by atoms with Gasteiger partial charge in [0.05, 0.1) is 12.2 Å². The maximum Gasteiger partial charge on any atom is 0.338 e. The Morgan fingerprint density at radius 3 is 1.42 bits per heavy atom. The molecule has 0 aliphatic rings. The topological polar surface area (TPSA) is 96.8 Å². The molecule has 4 N–H and O–H groups in total. The Hall–Kier alpha value is -1.79. The fourth-order valence-electron chi connectivity index (χ4n) is 3.72. The van der Waals surface area contributed by atoms with Gasteiger partial charge in [0.15, 0.2) is 11.5 Å². The van der Waals surface area contributed by atoms with Gasteiger partial charge in [0.1, 0.15) is 0 Å². The third-order valence-electron chi connectivity index (χ3n) is 5.62. The average Bonchev–Trinajstić information content (AvgIpc) is 2.80. The molecule has 0 spiro atoms. The lowest BCUT2D eigenvalue weighted by atomic mass is 10.0. The Kier molecular flexibility index (Phi) is 16.6. The Morgan fingerprint density at radius 1 is 0.645 bits per heavy atom. The number of hydrogen-bond acceptors (Lipinski definition) is 6. The first-order valence-corrected chi connectivity index (χ1v) is 12.3. The molecule has 6 heteroatoms. The fourth-order valence-corrected chi connectivity index (χ4v) is 3.72. The van der Waals surface area contributed by atoms with E-state index in [9.17, 15) is 4.79 Å². The number of esters is 1. The highest BCUT2D eigenvalue weighted by Crippen LogP contribution is 2.22. The zero-order valence-electron chi connectivity index (χ0n) is 19.5. The molecule has 1 aromatic rings. The van der Waals surface area contributed by atoms with Gasteiger partial charge in [-0.15, -0.1) is 0 Å². The summed E-state index contributed by atoms with van der Waals surface area (Å²) in [6.07, 6.45) is 21.0. The summed E-state index contributed by atoms with van der Waals surface area (Å²) in [5.74, 6) is 10.4. The molecular weight excluding hydrogens is 392 g/mol. The second-order valence-electron chi connectivity index (χ2n) is 8.37.